The molecule has 2 heteroatoms. The van der Waals surface area contributed by atoms with Crippen LogP contribution in [0, 0.1) is 0 Å². The first-order chi connectivity index (χ1) is 8.31. The molecule has 1 nitrogen and oxygen atoms in total. The minimum absolute atomic E-state index is 0.619. The second-order valence-electron chi connectivity index (χ2n) is 5.19. The Kier molecular flexibility index (Phi) is 14.9. The number of alkyl halides is 1. The second-order valence-corrected chi connectivity index (χ2v) is 5.84. The van der Waals surface area contributed by atoms with E-state index in [1.165, 1.54) is 70.8 Å². The molecule has 0 rings (SSSR count). The van der Waals surface area contributed by atoms with Gasteiger partial charge >= 0.3 is 0 Å². The van der Waals surface area contributed by atoms with Gasteiger partial charge in [0.2, 0.25) is 0 Å². The van der Waals surface area contributed by atoms with Crippen LogP contribution in [0.3, 0.4) is 0 Å². The van der Waals surface area contributed by atoms with Crippen molar-refractivity contribution >= 4 is 15.9 Å². The highest BCUT2D eigenvalue weighted by Gasteiger charge is 1.97. The molecule has 1 N–H and O–H groups in total. The maximum absolute atomic E-state index is 3.51. The van der Waals surface area contributed by atoms with Crippen LogP contribution in [0.1, 0.15) is 78.1 Å². The van der Waals surface area contributed by atoms with E-state index in [-0.39, 0.29) is 0 Å². The topological polar surface area (TPSA) is 12.0 Å². The third-order valence-corrected chi connectivity index (χ3v) is 4.23. The average molecular weight is 306 g/mol. The summed E-state index contributed by atoms with van der Waals surface area (Å²) in [7, 11) is 0. The zero-order valence-corrected chi connectivity index (χ0v) is 13.5. The summed E-state index contributed by atoms with van der Waals surface area (Å²) in [6, 6.07) is 0.619. The van der Waals surface area contributed by atoms with Crippen molar-refractivity contribution in [2.24, 2.45) is 0 Å². The van der Waals surface area contributed by atoms with Gasteiger partial charge in [-0.3, -0.25) is 0 Å². The Balaban J connectivity index is 2.94. The van der Waals surface area contributed by atoms with Gasteiger partial charge in [-0.05, 0) is 19.9 Å². The van der Waals surface area contributed by atoms with Gasteiger partial charge < -0.3 is 5.32 Å². The van der Waals surface area contributed by atoms with Gasteiger partial charge in [-0.1, -0.05) is 80.6 Å². The van der Waals surface area contributed by atoms with Crippen LogP contribution >= 0.6 is 15.9 Å². The molecular formula is C15H32BrN. The third-order valence-electron chi connectivity index (χ3n) is 3.25. The molecule has 1 atom stereocenters. The van der Waals surface area contributed by atoms with Gasteiger partial charge in [-0.2, -0.15) is 0 Å². The highest BCUT2D eigenvalue weighted by molar-refractivity contribution is 9.09. The number of hydrogen-bond donors (Lipinski definition) is 1. The minimum atomic E-state index is 0.619. The van der Waals surface area contributed by atoms with Crippen molar-refractivity contribution in [2.45, 2.75) is 84.1 Å². The predicted molar refractivity (Wildman–Crippen MR) is 83.1 cm³/mol. The molecular weight excluding hydrogens is 274 g/mol. The van der Waals surface area contributed by atoms with Crippen LogP contribution in [0.4, 0.5) is 0 Å². The average Bonchev–Trinajstić information content (AvgIpc) is 2.35. The van der Waals surface area contributed by atoms with Crippen molar-refractivity contribution in [1.29, 1.82) is 0 Å². The number of rotatable bonds is 13. The van der Waals surface area contributed by atoms with Crippen molar-refractivity contribution in [3.63, 3.8) is 0 Å². The fourth-order valence-electron chi connectivity index (χ4n) is 2.02. The first-order valence-corrected chi connectivity index (χ1v) is 8.72. The molecule has 0 spiro atoms. The quantitative estimate of drug-likeness (QED) is 0.360. The summed E-state index contributed by atoms with van der Waals surface area (Å²) >= 11 is 3.48. The summed E-state index contributed by atoms with van der Waals surface area (Å²) in [6.07, 6.45) is 14.2. The Hall–Kier alpha value is 0.440. The maximum atomic E-state index is 3.51. The van der Waals surface area contributed by atoms with Gasteiger partial charge in [0.05, 0.1) is 0 Å². The summed E-state index contributed by atoms with van der Waals surface area (Å²) in [5.74, 6) is 0. The summed E-state index contributed by atoms with van der Waals surface area (Å²) in [4.78, 5) is 0. The molecule has 0 fully saturated rings. The molecule has 0 radical (unpaired) electrons. The van der Waals surface area contributed by atoms with Crippen LogP contribution in [0.15, 0.2) is 0 Å². The van der Waals surface area contributed by atoms with Crippen LogP contribution in [0.5, 0.6) is 0 Å². The molecule has 0 aliphatic heterocycles. The molecule has 0 saturated carbocycles. The van der Waals surface area contributed by atoms with Crippen molar-refractivity contribution in [1.82, 2.24) is 5.32 Å². The van der Waals surface area contributed by atoms with Crippen LogP contribution in [0.2, 0.25) is 0 Å². The Morgan fingerprint density at radius 2 is 1.29 bits per heavy atom. The molecule has 0 saturated heterocycles. The number of halogens is 1. The van der Waals surface area contributed by atoms with Gasteiger partial charge in [-0.25, -0.2) is 0 Å². The normalized spacial score (nSPS) is 12.9. The Morgan fingerprint density at radius 3 is 1.76 bits per heavy atom. The van der Waals surface area contributed by atoms with Crippen molar-refractivity contribution in [3.05, 3.63) is 0 Å². The first kappa shape index (κ1) is 17.4. The van der Waals surface area contributed by atoms with Gasteiger partial charge in [0, 0.05) is 11.4 Å². The summed E-state index contributed by atoms with van der Waals surface area (Å²) in [5.41, 5.74) is 0. The van der Waals surface area contributed by atoms with E-state index in [0.29, 0.717) is 6.04 Å². The summed E-state index contributed by atoms with van der Waals surface area (Å²) < 4.78 is 0. The molecule has 0 aromatic heterocycles. The Bertz CT molecular complexity index is 139. The lowest BCUT2D eigenvalue weighted by Gasteiger charge is -2.09. The van der Waals surface area contributed by atoms with Gasteiger partial charge in [0.25, 0.3) is 0 Å². The largest absolute Gasteiger partial charge is 0.313 e. The van der Waals surface area contributed by atoms with E-state index in [0.717, 1.165) is 5.33 Å². The molecule has 0 aliphatic carbocycles. The SMILES string of the molecule is CCCCCCCCCCCCNC(C)CBr. The number of hydrogen-bond acceptors (Lipinski definition) is 1. The van der Waals surface area contributed by atoms with Crippen molar-refractivity contribution in [3.8, 4) is 0 Å². The molecule has 0 heterocycles. The van der Waals surface area contributed by atoms with E-state index in [9.17, 15) is 0 Å². The lowest BCUT2D eigenvalue weighted by molar-refractivity contribution is 0.527. The van der Waals surface area contributed by atoms with Crippen LogP contribution < -0.4 is 5.32 Å². The van der Waals surface area contributed by atoms with E-state index in [2.05, 4.69) is 35.1 Å². The molecule has 0 bridgehead atoms. The lowest BCUT2D eigenvalue weighted by Crippen LogP contribution is -2.28. The minimum Gasteiger partial charge on any atom is -0.313 e. The third kappa shape index (κ3) is 14.4. The van der Waals surface area contributed by atoms with E-state index in [4.69, 9.17) is 0 Å². The standard InChI is InChI=1S/C15H32BrN/c1-3-4-5-6-7-8-9-10-11-12-13-17-15(2)14-16/h15,17H,3-14H2,1-2H3. The second kappa shape index (κ2) is 14.5. The van der Waals surface area contributed by atoms with Crippen molar-refractivity contribution in [2.75, 3.05) is 11.9 Å². The maximum Gasteiger partial charge on any atom is 0.0183 e. The van der Waals surface area contributed by atoms with Gasteiger partial charge in [0.15, 0.2) is 0 Å². The molecule has 1 unspecified atom stereocenters. The van der Waals surface area contributed by atoms with Crippen LogP contribution in [-0.4, -0.2) is 17.9 Å². The monoisotopic (exact) mass is 305 g/mol. The van der Waals surface area contributed by atoms with E-state index >= 15 is 0 Å². The highest BCUT2D eigenvalue weighted by Crippen LogP contribution is 2.10. The molecule has 0 aromatic carbocycles. The smallest absolute Gasteiger partial charge is 0.0183 e. The van der Waals surface area contributed by atoms with Gasteiger partial charge in [0.1, 0.15) is 0 Å². The van der Waals surface area contributed by atoms with E-state index in [1.54, 1.807) is 0 Å². The Morgan fingerprint density at radius 1 is 0.824 bits per heavy atom. The lowest BCUT2D eigenvalue weighted by atomic mass is 10.1. The highest BCUT2D eigenvalue weighted by atomic mass is 79.9. The van der Waals surface area contributed by atoms with Crippen molar-refractivity contribution < 1.29 is 0 Å². The summed E-state index contributed by atoms with van der Waals surface area (Å²) in [5, 5.41) is 4.57. The zero-order valence-electron chi connectivity index (χ0n) is 11.9. The fourth-order valence-corrected chi connectivity index (χ4v) is 2.24. The molecule has 104 valence electrons. The fraction of sp³-hybridized carbons (Fsp3) is 1.00. The van der Waals surface area contributed by atoms with Crippen LogP contribution in [0.25, 0.3) is 0 Å². The molecule has 0 amide bonds. The number of nitrogens with one attached hydrogen (secondary N) is 1. The summed E-state index contributed by atoms with van der Waals surface area (Å²) in [6.45, 7) is 5.69. The van der Waals surface area contributed by atoms with E-state index < -0.39 is 0 Å². The van der Waals surface area contributed by atoms with Gasteiger partial charge in [-0.15, -0.1) is 0 Å². The number of unbranched alkanes of at least 4 members (excludes halogenated alkanes) is 9. The molecule has 17 heavy (non-hydrogen) atoms. The predicted octanol–water partition coefficient (Wildman–Crippen LogP) is 5.28. The Labute approximate surface area is 117 Å². The first-order valence-electron chi connectivity index (χ1n) is 7.60. The van der Waals surface area contributed by atoms with E-state index in [1.807, 2.05) is 0 Å². The molecule has 0 aliphatic rings. The van der Waals surface area contributed by atoms with Crippen LogP contribution in [-0.2, 0) is 0 Å². The molecule has 0 aromatic rings. The zero-order chi connectivity index (χ0) is 12.8.